The summed E-state index contributed by atoms with van der Waals surface area (Å²) in [7, 11) is 1.59. The Morgan fingerprint density at radius 3 is 2.64 bits per heavy atom. The van der Waals surface area contributed by atoms with Crippen molar-refractivity contribution < 1.29 is 4.74 Å². The molecule has 0 saturated carbocycles. The lowest BCUT2D eigenvalue weighted by molar-refractivity contribution is 0.412. The Bertz CT molecular complexity index is 776. The van der Waals surface area contributed by atoms with E-state index >= 15 is 0 Å². The summed E-state index contributed by atoms with van der Waals surface area (Å²) < 4.78 is 5.29. The molecule has 0 saturated heterocycles. The van der Waals surface area contributed by atoms with E-state index in [0.717, 1.165) is 17.1 Å². The third-order valence-corrected chi connectivity index (χ3v) is 3.06. The summed E-state index contributed by atoms with van der Waals surface area (Å²) in [6.07, 6.45) is 5.11. The third-order valence-electron chi connectivity index (χ3n) is 3.06. The lowest BCUT2D eigenvalue weighted by Gasteiger charge is -2.12. The topological polar surface area (TPSA) is 72.8 Å². The summed E-state index contributed by atoms with van der Waals surface area (Å²) in [5.41, 5.74) is 2.34. The van der Waals surface area contributed by atoms with E-state index in [1.165, 1.54) is 0 Å². The lowest BCUT2D eigenvalue weighted by atomic mass is 10.2. The first-order valence-electron chi connectivity index (χ1n) is 6.79. The van der Waals surface area contributed by atoms with Crippen LogP contribution in [0.5, 0.6) is 5.75 Å². The van der Waals surface area contributed by atoms with Crippen molar-refractivity contribution in [3.8, 4) is 17.1 Å². The SMILES string of the molecule is COc1cnc(C)nc1Nc1cccnc1-c1ccccn1. The predicted molar refractivity (Wildman–Crippen MR) is 84.1 cm³/mol. The molecule has 3 rings (SSSR count). The third kappa shape index (κ3) is 2.85. The van der Waals surface area contributed by atoms with E-state index in [0.29, 0.717) is 17.4 Å². The Labute approximate surface area is 128 Å². The maximum Gasteiger partial charge on any atom is 0.179 e. The van der Waals surface area contributed by atoms with Crippen molar-refractivity contribution in [3.05, 3.63) is 54.7 Å². The Morgan fingerprint density at radius 1 is 1.00 bits per heavy atom. The molecule has 110 valence electrons. The first kappa shape index (κ1) is 13.9. The molecule has 1 N–H and O–H groups in total. The number of rotatable bonds is 4. The molecule has 0 amide bonds. The van der Waals surface area contributed by atoms with Gasteiger partial charge in [-0.3, -0.25) is 9.97 Å². The van der Waals surface area contributed by atoms with Crippen molar-refractivity contribution in [1.82, 2.24) is 19.9 Å². The first-order chi connectivity index (χ1) is 10.8. The smallest absolute Gasteiger partial charge is 0.179 e. The highest BCUT2D eigenvalue weighted by Gasteiger charge is 2.11. The van der Waals surface area contributed by atoms with Gasteiger partial charge >= 0.3 is 0 Å². The van der Waals surface area contributed by atoms with E-state index < -0.39 is 0 Å². The quantitative estimate of drug-likeness (QED) is 0.797. The van der Waals surface area contributed by atoms with Crippen LogP contribution in [0.4, 0.5) is 11.5 Å². The molecule has 0 unspecified atom stereocenters. The molecule has 0 atom stereocenters. The second kappa shape index (κ2) is 6.17. The number of methoxy groups -OCH3 is 1. The molecule has 0 fully saturated rings. The summed E-state index contributed by atoms with van der Waals surface area (Å²) in [4.78, 5) is 17.3. The molecule has 0 spiro atoms. The molecule has 6 nitrogen and oxygen atoms in total. The minimum atomic E-state index is 0.571. The van der Waals surface area contributed by atoms with Crippen LogP contribution in [0.25, 0.3) is 11.4 Å². The van der Waals surface area contributed by atoms with Gasteiger partial charge < -0.3 is 10.1 Å². The summed E-state index contributed by atoms with van der Waals surface area (Å²) in [6, 6.07) is 9.49. The minimum absolute atomic E-state index is 0.571. The number of hydrogen-bond acceptors (Lipinski definition) is 6. The molecule has 3 aromatic rings. The lowest BCUT2D eigenvalue weighted by Crippen LogP contribution is -2.02. The van der Waals surface area contributed by atoms with E-state index in [2.05, 4.69) is 25.3 Å². The fraction of sp³-hybridized carbons (Fsp3) is 0.125. The molecule has 0 aliphatic rings. The van der Waals surface area contributed by atoms with Gasteiger partial charge in [0.2, 0.25) is 0 Å². The van der Waals surface area contributed by atoms with Gasteiger partial charge in [0.1, 0.15) is 11.5 Å². The average molecular weight is 293 g/mol. The minimum Gasteiger partial charge on any atom is -0.491 e. The van der Waals surface area contributed by atoms with E-state index in [-0.39, 0.29) is 0 Å². The molecule has 6 heteroatoms. The van der Waals surface area contributed by atoms with Crippen LogP contribution in [0.15, 0.2) is 48.9 Å². The zero-order chi connectivity index (χ0) is 15.4. The standard InChI is InChI=1S/C16H15N5O/c1-11-19-10-14(22-2)16(20-11)21-13-7-5-9-18-15(13)12-6-3-4-8-17-12/h3-10H,1-2H3,(H,19,20,21). The highest BCUT2D eigenvalue weighted by Crippen LogP contribution is 2.29. The number of nitrogens with zero attached hydrogens (tertiary/aromatic N) is 4. The first-order valence-corrected chi connectivity index (χ1v) is 6.79. The van der Waals surface area contributed by atoms with Crippen LogP contribution in [-0.4, -0.2) is 27.0 Å². The highest BCUT2D eigenvalue weighted by atomic mass is 16.5. The normalized spacial score (nSPS) is 10.3. The van der Waals surface area contributed by atoms with Crippen LogP contribution in [0, 0.1) is 6.92 Å². The van der Waals surface area contributed by atoms with Crippen LogP contribution in [0.2, 0.25) is 0 Å². The zero-order valence-corrected chi connectivity index (χ0v) is 12.3. The number of aryl methyl sites for hydroxylation is 1. The molecular formula is C16H15N5O. The predicted octanol–water partition coefficient (Wildman–Crippen LogP) is 2.99. The van der Waals surface area contributed by atoms with E-state index in [1.54, 1.807) is 25.7 Å². The number of aromatic nitrogens is 4. The summed E-state index contributed by atoms with van der Waals surface area (Å²) >= 11 is 0. The van der Waals surface area contributed by atoms with Gasteiger partial charge in [0.05, 0.1) is 24.7 Å². The average Bonchev–Trinajstić information content (AvgIpc) is 2.56. The largest absolute Gasteiger partial charge is 0.491 e. The van der Waals surface area contributed by atoms with Crippen LogP contribution in [-0.2, 0) is 0 Å². The Hall–Kier alpha value is -3.02. The van der Waals surface area contributed by atoms with Gasteiger partial charge in [0, 0.05) is 12.4 Å². The van der Waals surface area contributed by atoms with Crippen molar-refractivity contribution in [2.75, 3.05) is 12.4 Å². The van der Waals surface area contributed by atoms with E-state index in [1.807, 2.05) is 37.3 Å². The maximum atomic E-state index is 5.29. The number of pyridine rings is 2. The van der Waals surface area contributed by atoms with E-state index in [4.69, 9.17) is 4.74 Å². The number of ether oxygens (including phenoxy) is 1. The number of nitrogens with one attached hydrogen (secondary N) is 1. The van der Waals surface area contributed by atoms with Crippen molar-refractivity contribution in [1.29, 1.82) is 0 Å². The van der Waals surface area contributed by atoms with Crippen LogP contribution in [0.1, 0.15) is 5.82 Å². The Kier molecular flexibility index (Phi) is 3.91. The van der Waals surface area contributed by atoms with Gasteiger partial charge in [-0.05, 0) is 31.2 Å². The van der Waals surface area contributed by atoms with E-state index in [9.17, 15) is 0 Å². The molecule has 0 aliphatic carbocycles. The fourth-order valence-electron chi connectivity index (χ4n) is 2.04. The van der Waals surface area contributed by atoms with Gasteiger partial charge in [-0.1, -0.05) is 6.07 Å². The summed E-state index contributed by atoms with van der Waals surface area (Å²) in [6.45, 7) is 1.83. The second-order valence-corrected chi connectivity index (χ2v) is 4.57. The second-order valence-electron chi connectivity index (χ2n) is 4.57. The highest BCUT2D eigenvalue weighted by molar-refractivity contribution is 5.76. The summed E-state index contributed by atoms with van der Waals surface area (Å²) in [5, 5.41) is 3.25. The number of anilines is 2. The molecule has 0 aliphatic heterocycles. The van der Waals surface area contributed by atoms with Gasteiger partial charge in [0.25, 0.3) is 0 Å². The molecule has 3 aromatic heterocycles. The van der Waals surface area contributed by atoms with Crippen LogP contribution >= 0.6 is 0 Å². The molecule has 0 aromatic carbocycles. The number of hydrogen-bond donors (Lipinski definition) is 1. The molecule has 3 heterocycles. The van der Waals surface area contributed by atoms with Gasteiger partial charge in [0.15, 0.2) is 11.6 Å². The van der Waals surface area contributed by atoms with Crippen molar-refractivity contribution >= 4 is 11.5 Å². The molecule has 0 radical (unpaired) electrons. The Balaban J connectivity index is 2.02. The maximum absolute atomic E-state index is 5.29. The van der Waals surface area contributed by atoms with Crippen LogP contribution < -0.4 is 10.1 Å². The molecule has 0 bridgehead atoms. The van der Waals surface area contributed by atoms with Gasteiger partial charge in [-0.25, -0.2) is 9.97 Å². The fourth-order valence-corrected chi connectivity index (χ4v) is 2.04. The van der Waals surface area contributed by atoms with Crippen molar-refractivity contribution in [2.24, 2.45) is 0 Å². The molecular weight excluding hydrogens is 278 g/mol. The van der Waals surface area contributed by atoms with Crippen molar-refractivity contribution in [3.63, 3.8) is 0 Å². The Morgan fingerprint density at radius 2 is 1.86 bits per heavy atom. The van der Waals surface area contributed by atoms with Crippen LogP contribution in [0.3, 0.4) is 0 Å². The molecule has 22 heavy (non-hydrogen) atoms. The summed E-state index contributed by atoms with van der Waals surface area (Å²) in [5.74, 6) is 1.83. The monoisotopic (exact) mass is 293 g/mol. The van der Waals surface area contributed by atoms with Gasteiger partial charge in [-0.2, -0.15) is 0 Å². The van der Waals surface area contributed by atoms with Crippen molar-refractivity contribution in [2.45, 2.75) is 6.92 Å². The zero-order valence-electron chi connectivity index (χ0n) is 12.3. The van der Waals surface area contributed by atoms with Gasteiger partial charge in [-0.15, -0.1) is 0 Å².